The van der Waals surface area contributed by atoms with Gasteiger partial charge in [0.25, 0.3) is 11.8 Å². The largest absolute Gasteiger partial charge is 0.496 e. The Hall–Kier alpha value is -4.90. The molecule has 41 heavy (non-hydrogen) atoms. The van der Waals surface area contributed by atoms with Crippen molar-refractivity contribution >= 4 is 34.2 Å². The highest BCUT2D eigenvalue weighted by Gasteiger charge is 2.19. The number of nitrogens with one attached hydrogen (secondary N) is 3. The Morgan fingerprint density at radius 2 is 1.78 bits per heavy atom. The standard InChI is InChI=1S/C30H32FN7O3/c1-36(2)12-7-13-38-18-21(32-29(39)22-11-10-19(31)14-27(22)41-4)16-26(38)30(40)33-20-15-25(37(3)17-20)28-34-23-8-5-6-9-24(23)35-28/h5-6,8-11,14-18H,7,12-13H2,1-4H3,(H,32,39)(H,33,40)(H,34,35). The number of amides is 2. The first-order valence-corrected chi connectivity index (χ1v) is 13.1. The van der Waals surface area contributed by atoms with Crippen LogP contribution in [0, 0.1) is 5.82 Å². The summed E-state index contributed by atoms with van der Waals surface area (Å²) in [5.74, 6) is -0.485. The second kappa shape index (κ2) is 11.7. The molecule has 5 aromatic rings. The van der Waals surface area contributed by atoms with E-state index in [9.17, 15) is 14.0 Å². The minimum Gasteiger partial charge on any atom is -0.496 e. The Balaban J connectivity index is 1.38. The van der Waals surface area contributed by atoms with Crippen molar-refractivity contribution in [2.24, 2.45) is 7.05 Å². The van der Waals surface area contributed by atoms with Gasteiger partial charge >= 0.3 is 0 Å². The normalized spacial score (nSPS) is 11.3. The maximum atomic E-state index is 13.6. The molecule has 0 spiro atoms. The molecule has 0 radical (unpaired) electrons. The molecule has 0 saturated heterocycles. The number of nitrogens with zero attached hydrogens (tertiary/aromatic N) is 4. The minimum atomic E-state index is -0.506. The average molecular weight is 558 g/mol. The average Bonchev–Trinajstić information content (AvgIpc) is 3.64. The molecule has 212 valence electrons. The van der Waals surface area contributed by atoms with Crippen LogP contribution in [0.2, 0.25) is 0 Å². The lowest BCUT2D eigenvalue weighted by molar-refractivity contribution is 0.101. The molecular formula is C30H32FN7O3. The van der Waals surface area contributed by atoms with Gasteiger partial charge in [-0.3, -0.25) is 9.59 Å². The number of benzene rings is 2. The number of fused-ring (bicyclic) bond motifs is 1. The predicted molar refractivity (Wildman–Crippen MR) is 157 cm³/mol. The molecule has 10 nitrogen and oxygen atoms in total. The molecule has 5 rings (SSSR count). The number of anilines is 2. The lowest BCUT2D eigenvalue weighted by Crippen LogP contribution is -2.19. The van der Waals surface area contributed by atoms with Crippen LogP contribution >= 0.6 is 0 Å². The molecule has 11 heteroatoms. The fourth-order valence-electron chi connectivity index (χ4n) is 4.70. The molecule has 3 aromatic heterocycles. The lowest BCUT2D eigenvalue weighted by atomic mass is 10.2. The van der Waals surface area contributed by atoms with Crippen molar-refractivity contribution < 1.29 is 18.7 Å². The Morgan fingerprint density at radius 1 is 1.02 bits per heavy atom. The van der Waals surface area contributed by atoms with E-state index in [0.717, 1.165) is 35.8 Å². The highest BCUT2D eigenvalue weighted by molar-refractivity contribution is 6.08. The van der Waals surface area contributed by atoms with Gasteiger partial charge in [0, 0.05) is 32.1 Å². The molecule has 2 aromatic carbocycles. The fraction of sp³-hybridized carbons (Fsp3) is 0.233. The van der Waals surface area contributed by atoms with Gasteiger partial charge in [0.1, 0.15) is 17.3 Å². The van der Waals surface area contributed by atoms with Crippen molar-refractivity contribution in [3.63, 3.8) is 0 Å². The van der Waals surface area contributed by atoms with E-state index in [2.05, 4.69) is 25.5 Å². The Labute approximate surface area is 236 Å². The number of imidazole rings is 1. The summed E-state index contributed by atoms with van der Waals surface area (Å²) in [7, 11) is 7.23. The van der Waals surface area contributed by atoms with Gasteiger partial charge in [-0.05, 0) is 63.5 Å². The number of methoxy groups -OCH3 is 1. The zero-order valence-corrected chi connectivity index (χ0v) is 23.4. The number of H-pyrrole nitrogens is 1. The van der Waals surface area contributed by atoms with Gasteiger partial charge in [0.15, 0.2) is 5.82 Å². The Morgan fingerprint density at radius 3 is 2.54 bits per heavy atom. The molecule has 0 aliphatic heterocycles. The third kappa shape index (κ3) is 6.15. The number of para-hydroxylation sites is 2. The number of carbonyl (C=O) groups excluding carboxylic acids is 2. The Kier molecular flexibility index (Phi) is 7.88. The highest BCUT2D eigenvalue weighted by atomic mass is 19.1. The van der Waals surface area contributed by atoms with Crippen LogP contribution < -0.4 is 15.4 Å². The molecular weight excluding hydrogens is 525 g/mol. The minimum absolute atomic E-state index is 0.121. The summed E-state index contributed by atoms with van der Waals surface area (Å²) < 4.78 is 22.5. The van der Waals surface area contributed by atoms with Crippen LogP contribution in [0.1, 0.15) is 27.3 Å². The van der Waals surface area contributed by atoms with Gasteiger partial charge in [0.2, 0.25) is 0 Å². The topological polar surface area (TPSA) is 109 Å². The summed E-state index contributed by atoms with van der Waals surface area (Å²) in [4.78, 5) is 36.5. The third-order valence-electron chi connectivity index (χ3n) is 6.69. The molecule has 0 saturated carbocycles. The maximum Gasteiger partial charge on any atom is 0.272 e. The molecule has 0 unspecified atom stereocenters. The molecule has 3 N–H and O–H groups in total. The zero-order valence-electron chi connectivity index (χ0n) is 23.4. The number of halogens is 1. The summed E-state index contributed by atoms with van der Waals surface area (Å²) in [5, 5.41) is 5.79. The summed E-state index contributed by atoms with van der Waals surface area (Å²) in [6.45, 7) is 1.39. The van der Waals surface area contributed by atoms with E-state index in [4.69, 9.17) is 4.74 Å². The van der Waals surface area contributed by atoms with Crippen LogP contribution in [0.3, 0.4) is 0 Å². The monoisotopic (exact) mass is 557 g/mol. The first kappa shape index (κ1) is 27.7. The number of rotatable bonds is 10. The van der Waals surface area contributed by atoms with Crippen LogP contribution in [0.15, 0.2) is 67.0 Å². The van der Waals surface area contributed by atoms with Crippen LogP contribution in [0.25, 0.3) is 22.6 Å². The van der Waals surface area contributed by atoms with Crippen LogP contribution in [0.5, 0.6) is 5.75 Å². The zero-order chi connectivity index (χ0) is 29.1. The van der Waals surface area contributed by atoms with Gasteiger partial charge in [-0.1, -0.05) is 12.1 Å². The number of hydrogen-bond acceptors (Lipinski definition) is 5. The van der Waals surface area contributed by atoms with Crippen LogP contribution in [-0.2, 0) is 13.6 Å². The van der Waals surface area contributed by atoms with Crippen LogP contribution in [-0.4, -0.2) is 63.6 Å². The highest BCUT2D eigenvalue weighted by Crippen LogP contribution is 2.26. The fourth-order valence-corrected chi connectivity index (χ4v) is 4.70. The van der Waals surface area contributed by atoms with E-state index < -0.39 is 11.7 Å². The van der Waals surface area contributed by atoms with Crippen LogP contribution in [0.4, 0.5) is 15.8 Å². The smallest absolute Gasteiger partial charge is 0.272 e. The summed E-state index contributed by atoms with van der Waals surface area (Å²) in [6, 6.07) is 15.0. The second-order valence-corrected chi connectivity index (χ2v) is 10.0. The van der Waals surface area contributed by atoms with Gasteiger partial charge < -0.3 is 34.4 Å². The van der Waals surface area contributed by atoms with E-state index in [1.54, 1.807) is 12.3 Å². The number of aromatic nitrogens is 4. The van der Waals surface area contributed by atoms with Crippen molar-refractivity contribution in [1.82, 2.24) is 24.0 Å². The summed E-state index contributed by atoms with van der Waals surface area (Å²) in [6.07, 6.45) is 4.34. The lowest BCUT2D eigenvalue weighted by Gasteiger charge is -2.12. The van der Waals surface area contributed by atoms with Gasteiger partial charge in [0.05, 0.1) is 40.8 Å². The van der Waals surface area contributed by atoms with Crippen molar-refractivity contribution in [2.45, 2.75) is 13.0 Å². The Bertz CT molecular complexity index is 1680. The maximum absolute atomic E-state index is 13.6. The van der Waals surface area contributed by atoms with E-state index in [0.29, 0.717) is 29.4 Å². The number of aromatic amines is 1. The van der Waals surface area contributed by atoms with E-state index in [1.165, 1.54) is 19.2 Å². The van der Waals surface area contributed by atoms with E-state index >= 15 is 0 Å². The predicted octanol–water partition coefficient (Wildman–Crippen LogP) is 4.97. The molecule has 0 aliphatic rings. The molecule has 0 fully saturated rings. The van der Waals surface area contributed by atoms with Crippen molar-refractivity contribution in [2.75, 3.05) is 38.4 Å². The molecule has 2 amide bonds. The van der Waals surface area contributed by atoms with Crippen molar-refractivity contribution in [1.29, 1.82) is 0 Å². The molecule has 0 bridgehead atoms. The first-order valence-electron chi connectivity index (χ1n) is 13.1. The third-order valence-corrected chi connectivity index (χ3v) is 6.69. The molecule has 0 aliphatic carbocycles. The number of carbonyl (C=O) groups is 2. The molecule has 0 atom stereocenters. The van der Waals surface area contributed by atoms with E-state index in [-0.39, 0.29) is 17.2 Å². The number of ether oxygens (including phenoxy) is 1. The molecule has 3 heterocycles. The van der Waals surface area contributed by atoms with Crippen molar-refractivity contribution in [3.8, 4) is 17.3 Å². The summed E-state index contributed by atoms with van der Waals surface area (Å²) >= 11 is 0. The van der Waals surface area contributed by atoms with Crippen molar-refractivity contribution in [3.05, 3.63) is 84.1 Å². The number of hydrogen-bond donors (Lipinski definition) is 3. The van der Waals surface area contributed by atoms with Gasteiger partial charge in [-0.2, -0.15) is 0 Å². The second-order valence-electron chi connectivity index (χ2n) is 10.0. The first-order chi connectivity index (χ1) is 19.7. The summed E-state index contributed by atoms with van der Waals surface area (Å²) in [5.41, 5.74) is 4.22. The SMILES string of the molecule is COc1cc(F)ccc1C(=O)Nc1cc(C(=O)Nc2cc(-c3nc4ccccc4[nH]3)n(C)c2)n(CCCN(C)C)c1. The van der Waals surface area contributed by atoms with E-state index in [1.807, 2.05) is 66.8 Å². The number of aryl methyl sites for hydroxylation is 2. The van der Waals surface area contributed by atoms with Gasteiger partial charge in [-0.15, -0.1) is 0 Å². The quantitative estimate of drug-likeness (QED) is 0.225. The van der Waals surface area contributed by atoms with Gasteiger partial charge in [-0.25, -0.2) is 9.37 Å².